The highest BCUT2D eigenvalue weighted by Gasteiger charge is 2.54. The number of amides is 1. The number of ether oxygens (including phenoxy) is 5. The van der Waals surface area contributed by atoms with Gasteiger partial charge in [-0.15, -0.1) is 20.4 Å². The Hall–Kier alpha value is -3.26. The van der Waals surface area contributed by atoms with Crippen LogP contribution in [0.4, 0.5) is 0 Å². The summed E-state index contributed by atoms with van der Waals surface area (Å²) in [5, 5.41) is 69.9. The molecule has 2 aromatic rings. The molecule has 224 valence electrons. The second-order valence-corrected chi connectivity index (χ2v) is 9.37. The SMILES string of the molecule is CO[C@@H]1OC(C(=O)NCc2ccc(-c3nnc(C)nn3)cc2)[C@@H](O[C@@H]2OC(C(=O)O)[C@@H](OC)C(O)C2O)[C@H](O)C1O. The fourth-order valence-electron chi connectivity index (χ4n) is 4.42. The van der Waals surface area contributed by atoms with Gasteiger partial charge in [-0.1, -0.05) is 24.3 Å². The summed E-state index contributed by atoms with van der Waals surface area (Å²) in [5.41, 5.74) is 1.31. The lowest BCUT2D eigenvalue weighted by Crippen LogP contribution is -2.66. The van der Waals surface area contributed by atoms with Gasteiger partial charge in [-0.2, -0.15) is 0 Å². The van der Waals surface area contributed by atoms with Gasteiger partial charge in [0, 0.05) is 26.3 Å². The summed E-state index contributed by atoms with van der Waals surface area (Å²) in [6.45, 7) is 1.66. The van der Waals surface area contributed by atoms with Crippen molar-refractivity contribution in [1.82, 2.24) is 25.7 Å². The first-order chi connectivity index (χ1) is 19.5. The van der Waals surface area contributed by atoms with Gasteiger partial charge in [-0.05, 0) is 12.5 Å². The van der Waals surface area contributed by atoms with Crippen LogP contribution in [0, 0.1) is 6.92 Å². The fraction of sp³-hybridized carbons (Fsp3) is 0.583. The average Bonchev–Trinajstić information content (AvgIpc) is 2.97. The molecule has 2 fully saturated rings. The zero-order valence-electron chi connectivity index (χ0n) is 22.2. The number of carbonyl (C=O) groups is 2. The van der Waals surface area contributed by atoms with E-state index < -0.39 is 73.3 Å². The minimum Gasteiger partial charge on any atom is -0.479 e. The Morgan fingerprint density at radius 1 is 0.829 bits per heavy atom. The summed E-state index contributed by atoms with van der Waals surface area (Å²) in [6.07, 6.45) is -16.9. The number of carboxylic acid groups (broad SMARTS) is 1. The van der Waals surface area contributed by atoms with Crippen LogP contribution in [0.1, 0.15) is 11.4 Å². The van der Waals surface area contributed by atoms with Crippen LogP contribution in [0.2, 0.25) is 0 Å². The van der Waals surface area contributed by atoms with Crippen molar-refractivity contribution in [3.63, 3.8) is 0 Å². The van der Waals surface area contributed by atoms with E-state index in [2.05, 4.69) is 25.7 Å². The summed E-state index contributed by atoms with van der Waals surface area (Å²) in [5.74, 6) is -1.56. The Bertz CT molecular complexity index is 1190. The van der Waals surface area contributed by atoms with Gasteiger partial charge in [0.15, 0.2) is 30.6 Å². The number of benzene rings is 1. The molecule has 0 spiro atoms. The number of aliphatic hydroxyl groups excluding tert-OH is 4. The number of aromatic nitrogens is 4. The van der Waals surface area contributed by atoms with Gasteiger partial charge in [-0.3, -0.25) is 4.79 Å². The third kappa shape index (κ3) is 6.64. The third-order valence-electron chi connectivity index (χ3n) is 6.64. The number of hydrogen-bond donors (Lipinski definition) is 6. The van der Waals surface area contributed by atoms with Crippen LogP contribution in [0.25, 0.3) is 11.4 Å². The van der Waals surface area contributed by atoms with Crippen LogP contribution < -0.4 is 5.32 Å². The van der Waals surface area contributed by atoms with Crippen molar-refractivity contribution < 1.29 is 58.8 Å². The molecular formula is C24H31N5O12. The van der Waals surface area contributed by atoms with Crippen LogP contribution in [-0.2, 0) is 39.8 Å². The molecule has 0 saturated carbocycles. The van der Waals surface area contributed by atoms with E-state index in [4.69, 9.17) is 23.7 Å². The van der Waals surface area contributed by atoms with E-state index in [9.17, 15) is 35.1 Å². The van der Waals surface area contributed by atoms with E-state index in [1.807, 2.05) is 0 Å². The van der Waals surface area contributed by atoms with E-state index in [1.165, 1.54) is 7.11 Å². The highest BCUT2D eigenvalue weighted by molar-refractivity contribution is 5.81. The van der Waals surface area contributed by atoms with Gasteiger partial charge >= 0.3 is 5.97 Å². The molecule has 17 nitrogen and oxygen atoms in total. The maximum absolute atomic E-state index is 13.2. The zero-order chi connectivity index (χ0) is 29.8. The van der Waals surface area contributed by atoms with Crippen LogP contribution in [-0.4, -0.2) is 133 Å². The maximum Gasteiger partial charge on any atom is 0.335 e. The standard InChI is InChI=1S/C24H31N5O12/c1-9-26-28-20(29-27-9)11-6-4-10(5-7-11)8-25-21(34)18-17(13(31)14(32)23(38-3)40-18)39-24-15(33)12(30)16(37-2)19(41-24)22(35)36/h4-7,12-19,23-24,30-33H,8H2,1-3H3,(H,25,34)(H,35,36)/t12?,13-,14?,15?,16+,17+,18?,19?,23-,24-/m1/s1. The highest BCUT2D eigenvalue weighted by atomic mass is 16.7. The molecule has 2 aliphatic heterocycles. The van der Waals surface area contributed by atoms with Crippen LogP contribution >= 0.6 is 0 Å². The zero-order valence-corrected chi connectivity index (χ0v) is 22.2. The van der Waals surface area contributed by atoms with Crippen molar-refractivity contribution in [2.75, 3.05) is 14.2 Å². The molecule has 6 N–H and O–H groups in total. The first-order valence-corrected chi connectivity index (χ1v) is 12.4. The number of rotatable bonds is 9. The van der Waals surface area contributed by atoms with E-state index in [1.54, 1.807) is 31.2 Å². The summed E-state index contributed by atoms with van der Waals surface area (Å²) in [4.78, 5) is 24.9. The molecule has 1 aromatic heterocycles. The average molecular weight is 582 g/mol. The van der Waals surface area contributed by atoms with Gasteiger partial charge in [-0.25, -0.2) is 4.79 Å². The number of aryl methyl sites for hydroxylation is 1. The Balaban J connectivity index is 1.48. The Labute approximate surface area is 233 Å². The van der Waals surface area contributed by atoms with Crippen molar-refractivity contribution in [2.24, 2.45) is 0 Å². The smallest absolute Gasteiger partial charge is 0.335 e. The number of aliphatic carboxylic acids is 1. The molecule has 4 rings (SSSR count). The number of methoxy groups -OCH3 is 2. The van der Waals surface area contributed by atoms with Crippen LogP contribution in [0.3, 0.4) is 0 Å². The van der Waals surface area contributed by atoms with Gasteiger partial charge in [0.05, 0.1) is 0 Å². The molecule has 1 aromatic carbocycles. The molecule has 0 aliphatic carbocycles. The first-order valence-electron chi connectivity index (χ1n) is 12.4. The summed E-state index contributed by atoms with van der Waals surface area (Å²) in [6, 6.07) is 6.83. The van der Waals surface area contributed by atoms with Crippen molar-refractivity contribution in [3.05, 3.63) is 35.7 Å². The second-order valence-electron chi connectivity index (χ2n) is 9.37. The van der Waals surface area contributed by atoms with E-state index >= 15 is 0 Å². The van der Waals surface area contributed by atoms with Gasteiger partial charge in [0.2, 0.25) is 5.82 Å². The Morgan fingerprint density at radius 2 is 1.41 bits per heavy atom. The van der Waals surface area contributed by atoms with Gasteiger partial charge < -0.3 is 54.5 Å². The molecule has 41 heavy (non-hydrogen) atoms. The number of carbonyl (C=O) groups excluding carboxylic acids is 1. The van der Waals surface area contributed by atoms with Crippen molar-refractivity contribution >= 4 is 11.9 Å². The summed E-state index contributed by atoms with van der Waals surface area (Å²) < 4.78 is 26.4. The molecule has 17 heteroatoms. The first kappa shape index (κ1) is 30.7. The van der Waals surface area contributed by atoms with Crippen LogP contribution in [0.15, 0.2) is 24.3 Å². The minimum atomic E-state index is -1.84. The van der Waals surface area contributed by atoms with Crippen molar-refractivity contribution in [1.29, 1.82) is 0 Å². The van der Waals surface area contributed by atoms with E-state index in [-0.39, 0.29) is 6.54 Å². The lowest BCUT2D eigenvalue weighted by molar-refractivity contribution is -0.348. The number of nitrogens with zero attached hydrogens (tertiary/aromatic N) is 4. The monoisotopic (exact) mass is 581 g/mol. The maximum atomic E-state index is 13.2. The summed E-state index contributed by atoms with van der Waals surface area (Å²) >= 11 is 0. The number of carboxylic acids is 1. The molecule has 2 aliphatic rings. The van der Waals surface area contributed by atoms with Gasteiger partial charge in [0.1, 0.15) is 36.6 Å². The number of aliphatic hydroxyl groups is 4. The lowest BCUT2D eigenvalue weighted by atomic mass is 9.96. The molecule has 2 saturated heterocycles. The van der Waals surface area contributed by atoms with Crippen molar-refractivity contribution in [3.8, 4) is 11.4 Å². The lowest BCUT2D eigenvalue weighted by Gasteiger charge is -2.45. The molecule has 0 bridgehead atoms. The van der Waals surface area contributed by atoms with Gasteiger partial charge in [0.25, 0.3) is 5.91 Å². The normalized spacial score (nSPS) is 33.7. The predicted molar refractivity (Wildman–Crippen MR) is 131 cm³/mol. The molecule has 3 heterocycles. The minimum absolute atomic E-state index is 0.00508. The quantitative estimate of drug-likeness (QED) is 0.171. The number of hydrogen-bond acceptors (Lipinski definition) is 15. The molecule has 0 radical (unpaired) electrons. The summed E-state index contributed by atoms with van der Waals surface area (Å²) in [7, 11) is 2.31. The Kier molecular flexibility index (Phi) is 9.84. The topological polar surface area (TPSA) is 245 Å². The molecule has 5 unspecified atom stereocenters. The van der Waals surface area contributed by atoms with Crippen molar-refractivity contribution in [2.45, 2.75) is 74.9 Å². The molecule has 1 amide bonds. The van der Waals surface area contributed by atoms with E-state index in [0.717, 1.165) is 7.11 Å². The fourth-order valence-corrected chi connectivity index (χ4v) is 4.42. The predicted octanol–water partition coefficient (Wildman–Crippen LogP) is -3.12. The Morgan fingerprint density at radius 3 is 2.00 bits per heavy atom. The van der Waals surface area contributed by atoms with E-state index in [0.29, 0.717) is 22.8 Å². The third-order valence-corrected chi connectivity index (χ3v) is 6.64. The molecular weight excluding hydrogens is 550 g/mol. The largest absolute Gasteiger partial charge is 0.479 e. The molecule has 10 atom stereocenters. The second kappa shape index (κ2) is 13.1. The number of nitrogens with one attached hydrogen (secondary N) is 1. The highest BCUT2D eigenvalue weighted by Crippen LogP contribution is 2.30. The van der Waals surface area contributed by atoms with Crippen LogP contribution in [0.5, 0.6) is 0 Å².